The average molecular weight is 376 g/mol. The van der Waals surface area contributed by atoms with Gasteiger partial charge in [-0.15, -0.1) is 0 Å². The fraction of sp³-hybridized carbons (Fsp3) is 0.278. The molecule has 1 amide bonds. The minimum atomic E-state index is -3.54. The summed E-state index contributed by atoms with van der Waals surface area (Å²) in [7, 11) is -3.54. The molecular weight excluding hydrogens is 356 g/mol. The molecule has 138 valence electrons. The van der Waals surface area contributed by atoms with E-state index in [4.69, 9.17) is 9.47 Å². The Bertz CT molecular complexity index is 913. The third-order valence-electron chi connectivity index (χ3n) is 3.84. The zero-order valence-electron chi connectivity index (χ0n) is 14.5. The van der Waals surface area contributed by atoms with E-state index in [1.165, 1.54) is 4.31 Å². The fourth-order valence-corrected chi connectivity index (χ4v) is 3.62. The van der Waals surface area contributed by atoms with Gasteiger partial charge >= 0.3 is 0 Å². The quantitative estimate of drug-likeness (QED) is 0.865. The predicted octanol–water partition coefficient (Wildman–Crippen LogP) is 2.25. The van der Waals surface area contributed by atoms with E-state index >= 15 is 0 Å². The molecule has 1 unspecified atom stereocenters. The van der Waals surface area contributed by atoms with Gasteiger partial charge in [0.05, 0.1) is 25.1 Å². The number of para-hydroxylation sites is 2. The molecule has 0 spiro atoms. The first kappa shape index (κ1) is 18.1. The van der Waals surface area contributed by atoms with E-state index in [2.05, 4.69) is 5.32 Å². The van der Waals surface area contributed by atoms with Crippen molar-refractivity contribution in [1.82, 2.24) is 0 Å². The van der Waals surface area contributed by atoms with Gasteiger partial charge in [0.2, 0.25) is 10.0 Å². The molecule has 0 bridgehead atoms. The van der Waals surface area contributed by atoms with Gasteiger partial charge in [0, 0.05) is 11.8 Å². The lowest BCUT2D eigenvalue weighted by Crippen LogP contribution is -2.48. The normalized spacial score (nSPS) is 16.4. The Morgan fingerprint density at radius 1 is 1.27 bits per heavy atom. The molecule has 3 rings (SSSR count). The number of benzene rings is 2. The first-order chi connectivity index (χ1) is 12.4. The number of ether oxygens (including phenoxy) is 2. The predicted molar refractivity (Wildman–Crippen MR) is 99.3 cm³/mol. The third kappa shape index (κ3) is 3.91. The van der Waals surface area contributed by atoms with Crippen LogP contribution in [0.25, 0.3) is 0 Å². The van der Waals surface area contributed by atoms with Gasteiger partial charge in [-0.25, -0.2) is 8.42 Å². The first-order valence-electron chi connectivity index (χ1n) is 8.15. The van der Waals surface area contributed by atoms with Crippen LogP contribution in [0.3, 0.4) is 0 Å². The maximum Gasteiger partial charge on any atom is 0.267 e. The number of carbonyl (C=O) groups is 1. The molecule has 0 saturated carbocycles. The third-order valence-corrected chi connectivity index (χ3v) is 4.99. The number of nitrogens with one attached hydrogen (secondary N) is 1. The highest BCUT2D eigenvalue weighted by Crippen LogP contribution is 2.34. The van der Waals surface area contributed by atoms with E-state index in [1.807, 2.05) is 6.92 Å². The highest BCUT2D eigenvalue weighted by atomic mass is 32.2. The Kier molecular flexibility index (Phi) is 5.03. The molecule has 1 heterocycles. The fourth-order valence-electron chi connectivity index (χ4n) is 2.71. The molecule has 0 aromatic heterocycles. The van der Waals surface area contributed by atoms with Crippen molar-refractivity contribution >= 4 is 27.3 Å². The number of anilines is 2. The number of amides is 1. The summed E-state index contributed by atoms with van der Waals surface area (Å²) >= 11 is 0. The van der Waals surface area contributed by atoms with Crippen molar-refractivity contribution in [3.63, 3.8) is 0 Å². The Hall–Kier alpha value is -2.74. The highest BCUT2D eigenvalue weighted by Gasteiger charge is 2.34. The number of nitrogens with zero attached hydrogens (tertiary/aromatic N) is 1. The van der Waals surface area contributed by atoms with Gasteiger partial charge in [-0.3, -0.25) is 9.10 Å². The molecular formula is C18H20N2O5S. The highest BCUT2D eigenvalue weighted by molar-refractivity contribution is 7.92. The lowest BCUT2D eigenvalue weighted by molar-refractivity contribution is -0.122. The lowest BCUT2D eigenvalue weighted by atomic mass is 10.2. The monoisotopic (exact) mass is 376 g/mol. The minimum Gasteiger partial charge on any atom is -0.494 e. The zero-order chi connectivity index (χ0) is 18.7. The number of rotatable bonds is 5. The molecule has 0 fully saturated rings. The van der Waals surface area contributed by atoms with E-state index in [9.17, 15) is 13.2 Å². The van der Waals surface area contributed by atoms with Gasteiger partial charge in [0.25, 0.3) is 5.91 Å². The van der Waals surface area contributed by atoms with Crippen molar-refractivity contribution in [2.24, 2.45) is 0 Å². The van der Waals surface area contributed by atoms with Gasteiger partial charge in [-0.05, 0) is 31.2 Å². The number of carbonyl (C=O) groups excluding carboxylic acids is 1. The second-order valence-corrected chi connectivity index (χ2v) is 7.73. The Labute approximate surface area is 152 Å². The molecule has 2 aromatic carbocycles. The van der Waals surface area contributed by atoms with Crippen LogP contribution in [0.5, 0.6) is 11.5 Å². The van der Waals surface area contributed by atoms with Crippen LogP contribution in [-0.4, -0.2) is 39.8 Å². The van der Waals surface area contributed by atoms with E-state index in [1.54, 1.807) is 48.5 Å². The summed E-state index contributed by atoms with van der Waals surface area (Å²) in [6.07, 6.45) is 0.144. The molecule has 1 atom stereocenters. The van der Waals surface area contributed by atoms with Gasteiger partial charge < -0.3 is 14.8 Å². The number of sulfonamides is 1. The van der Waals surface area contributed by atoms with E-state index in [0.29, 0.717) is 29.5 Å². The average Bonchev–Trinajstić information content (AvgIpc) is 2.60. The summed E-state index contributed by atoms with van der Waals surface area (Å²) in [6, 6.07) is 13.7. The van der Waals surface area contributed by atoms with Crippen LogP contribution in [0.2, 0.25) is 0 Å². The summed E-state index contributed by atoms with van der Waals surface area (Å²) in [4.78, 5) is 12.6. The standard InChI is InChI=1S/C18H20N2O5S/c1-3-24-14-8-6-7-13(11-14)19-18(21)17-12-20(26(2,22)23)15-9-4-5-10-16(15)25-17/h4-11,17H,3,12H2,1-2H3,(H,19,21). The van der Waals surface area contributed by atoms with E-state index in [0.717, 1.165) is 6.26 Å². The summed E-state index contributed by atoms with van der Waals surface area (Å²) in [5.41, 5.74) is 0.978. The molecule has 1 aliphatic heterocycles. The minimum absolute atomic E-state index is 0.0904. The van der Waals surface area contributed by atoms with E-state index in [-0.39, 0.29) is 6.54 Å². The summed E-state index contributed by atoms with van der Waals surface area (Å²) in [5, 5.41) is 2.75. The van der Waals surface area contributed by atoms with Crippen molar-refractivity contribution in [3.05, 3.63) is 48.5 Å². The molecule has 1 aliphatic rings. The summed E-state index contributed by atoms with van der Waals surface area (Å²) < 4.78 is 36.5. The summed E-state index contributed by atoms with van der Waals surface area (Å²) in [6.45, 7) is 2.30. The number of fused-ring (bicyclic) bond motifs is 1. The van der Waals surface area contributed by atoms with Crippen LogP contribution in [0.1, 0.15) is 6.92 Å². The van der Waals surface area contributed by atoms with Gasteiger partial charge in [-0.1, -0.05) is 18.2 Å². The summed E-state index contributed by atoms with van der Waals surface area (Å²) in [5.74, 6) is 0.562. The molecule has 7 nitrogen and oxygen atoms in total. The molecule has 0 radical (unpaired) electrons. The maximum atomic E-state index is 12.6. The van der Waals surface area contributed by atoms with Gasteiger partial charge in [0.15, 0.2) is 6.10 Å². The Morgan fingerprint density at radius 3 is 2.77 bits per heavy atom. The van der Waals surface area contributed by atoms with Crippen molar-refractivity contribution in [2.45, 2.75) is 13.0 Å². The number of hydrogen-bond donors (Lipinski definition) is 1. The van der Waals surface area contributed by atoms with E-state index < -0.39 is 22.0 Å². The molecule has 26 heavy (non-hydrogen) atoms. The first-order valence-corrected chi connectivity index (χ1v) is 10.0. The maximum absolute atomic E-state index is 12.6. The second kappa shape index (κ2) is 7.25. The Balaban J connectivity index is 1.81. The van der Waals surface area contributed by atoms with Crippen LogP contribution in [0, 0.1) is 0 Å². The van der Waals surface area contributed by atoms with Crippen LogP contribution >= 0.6 is 0 Å². The van der Waals surface area contributed by atoms with Crippen molar-refractivity contribution < 1.29 is 22.7 Å². The lowest BCUT2D eigenvalue weighted by Gasteiger charge is -2.33. The van der Waals surface area contributed by atoms with Crippen molar-refractivity contribution in [1.29, 1.82) is 0 Å². The molecule has 0 saturated heterocycles. The molecule has 8 heteroatoms. The SMILES string of the molecule is CCOc1cccc(NC(=O)C2CN(S(C)(=O)=O)c3ccccc3O2)c1. The van der Waals surface area contributed by atoms with Crippen LogP contribution < -0.4 is 19.1 Å². The van der Waals surface area contributed by atoms with Crippen LogP contribution in [0.15, 0.2) is 48.5 Å². The molecule has 1 N–H and O–H groups in total. The van der Waals surface area contributed by atoms with Crippen molar-refractivity contribution in [2.75, 3.05) is 29.0 Å². The van der Waals surface area contributed by atoms with Crippen LogP contribution in [-0.2, 0) is 14.8 Å². The molecule has 0 aliphatic carbocycles. The number of hydrogen-bond acceptors (Lipinski definition) is 5. The second-order valence-electron chi connectivity index (χ2n) is 5.82. The smallest absolute Gasteiger partial charge is 0.267 e. The van der Waals surface area contributed by atoms with Gasteiger partial charge in [-0.2, -0.15) is 0 Å². The molecule has 2 aromatic rings. The van der Waals surface area contributed by atoms with Crippen molar-refractivity contribution in [3.8, 4) is 11.5 Å². The zero-order valence-corrected chi connectivity index (χ0v) is 15.3. The van der Waals surface area contributed by atoms with Gasteiger partial charge in [0.1, 0.15) is 11.5 Å². The van der Waals surface area contributed by atoms with Crippen LogP contribution in [0.4, 0.5) is 11.4 Å². The topological polar surface area (TPSA) is 84.9 Å². The Morgan fingerprint density at radius 2 is 2.04 bits per heavy atom. The largest absolute Gasteiger partial charge is 0.494 e.